The van der Waals surface area contributed by atoms with Crippen LogP contribution in [-0.4, -0.2) is 11.0 Å². The van der Waals surface area contributed by atoms with Gasteiger partial charge in [-0.2, -0.15) is 0 Å². The number of hydrogen-bond donors (Lipinski definition) is 2. The number of rotatable bonds is 3. The Morgan fingerprint density at radius 3 is 2.83 bits per heavy atom. The Kier molecular flexibility index (Phi) is 3.98. The Hall–Kier alpha value is -1.40. The van der Waals surface area contributed by atoms with Gasteiger partial charge >= 0.3 is 0 Å². The van der Waals surface area contributed by atoms with Gasteiger partial charge < -0.3 is 10.4 Å². The van der Waals surface area contributed by atoms with E-state index < -0.39 is 11.7 Å². The average molecular weight is 330 g/mol. The summed E-state index contributed by atoms with van der Waals surface area (Å²) in [5, 5.41) is 13.9. The van der Waals surface area contributed by atoms with Crippen molar-refractivity contribution in [3.8, 4) is 5.75 Å². The first-order valence-corrected chi connectivity index (χ1v) is 6.74. The largest absolute Gasteiger partial charge is 0.507 e. The van der Waals surface area contributed by atoms with Gasteiger partial charge in [0.05, 0.1) is 6.54 Å². The van der Waals surface area contributed by atoms with Gasteiger partial charge in [-0.25, -0.2) is 4.39 Å². The van der Waals surface area contributed by atoms with Crippen LogP contribution in [0.5, 0.6) is 5.75 Å². The van der Waals surface area contributed by atoms with Crippen molar-refractivity contribution in [2.24, 2.45) is 0 Å². The zero-order chi connectivity index (χ0) is 13.1. The van der Waals surface area contributed by atoms with Crippen molar-refractivity contribution < 1.29 is 14.3 Å². The summed E-state index contributed by atoms with van der Waals surface area (Å²) in [7, 11) is 0. The van der Waals surface area contributed by atoms with E-state index in [-0.39, 0.29) is 17.9 Å². The molecule has 2 aromatic rings. The molecule has 2 rings (SSSR count). The third-order valence-corrected chi connectivity index (χ3v) is 4.25. The summed E-state index contributed by atoms with van der Waals surface area (Å²) < 4.78 is 14.3. The first kappa shape index (κ1) is 13.0. The number of carbonyl (C=O) groups excluding carboxylic acids is 1. The lowest BCUT2D eigenvalue weighted by Gasteiger charge is -2.07. The molecule has 0 aliphatic carbocycles. The average Bonchev–Trinajstić information content (AvgIpc) is 2.72. The van der Waals surface area contributed by atoms with E-state index in [1.807, 2.05) is 11.4 Å². The van der Waals surface area contributed by atoms with Crippen LogP contribution in [0.15, 0.2) is 34.1 Å². The summed E-state index contributed by atoms with van der Waals surface area (Å²) in [4.78, 5) is 12.7. The molecular formula is C12H9BrFNO2S. The molecule has 0 aliphatic heterocycles. The summed E-state index contributed by atoms with van der Waals surface area (Å²) in [5.74, 6) is -1.73. The van der Waals surface area contributed by atoms with E-state index in [0.29, 0.717) is 0 Å². The van der Waals surface area contributed by atoms with Gasteiger partial charge in [-0.1, -0.05) is 6.07 Å². The van der Waals surface area contributed by atoms with E-state index in [4.69, 9.17) is 0 Å². The van der Waals surface area contributed by atoms with Crippen LogP contribution in [0.2, 0.25) is 0 Å². The number of halogens is 2. The second kappa shape index (κ2) is 5.49. The van der Waals surface area contributed by atoms with E-state index in [9.17, 15) is 14.3 Å². The Morgan fingerprint density at radius 1 is 1.44 bits per heavy atom. The van der Waals surface area contributed by atoms with Gasteiger partial charge in [0, 0.05) is 9.35 Å². The van der Waals surface area contributed by atoms with E-state index >= 15 is 0 Å². The lowest BCUT2D eigenvalue weighted by atomic mass is 10.1. The summed E-state index contributed by atoms with van der Waals surface area (Å²) in [6.07, 6.45) is 0. The predicted molar refractivity (Wildman–Crippen MR) is 71.3 cm³/mol. The number of benzene rings is 1. The van der Waals surface area contributed by atoms with Gasteiger partial charge in [0.15, 0.2) is 0 Å². The fraction of sp³-hybridized carbons (Fsp3) is 0.0833. The van der Waals surface area contributed by atoms with Crippen LogP contribution in [0.3, 0.4) is 0 Å². The number of phenols is 1. The standard InChI is InChI=1S/C12H9BrFNO2S/c13-7-4-5-18-10(7)6-15-12(17)11-8(14)2-1-3-9(11)16/h1-5,16H,6H2,(H,15,17). The second-order valence-electron chi connectivity index (χ2n) is 3.51. The van der Waals surface area contributed by atoms with Crippen molar-refractivity contribution >= 4 is 33.2 Å². The minimum atomic E-state index is -0.738. The highest BCUT2D eigenvalue weighted by Gasteiger charge is 2.16. The predicted octanol–water partition coefficient (Wildman–Crippen LogP) is 3.29. The maximum absolute atomic E-state index is 13.4. The van der Waals surface area contributed by atoms with Crippen LogP contribution >= 0.6 is 27.3 Å². The summed E-state index contributed by atoms with van der Waals surface area (Å²) in [5.41, 5.74) is -0.329. The lowest BCUT2D eigenvalue weighted by molar-refractivity contribution is 0.0944. The molecule has 0 fully saturated rings. The minimum absolute atomic E-state index is 0.283. The first-order chi connectivity index (χ1) is 8.59. The minimum Gasteiger partial charge on any atom is -0.507 e. The fourth-order valence-corrected chi connectivity index (χ4v) is 2.87. The molecule has 0 spiro atoms. The zero-order valence-corrected chi connectivity index (χ0v) is 11.5. The molecule has 18 heavy (non-hydrogen) atoms. The van der Waals surface area contributed by atoms with Gasteiger partial charge in [0.1, 0.15) is 17.1 Å². The Labute approximate surface area is 115 Å². The van der Waals surface area contributed by atoms with Crippen molar-refractivity contribution in [2.75, 3.05) is 0 Å². The molecule has 0 aliphatic rings. The summed E-state index contributed by atoms with van der Waals surface area (Å²) in [6, 6.07) is 5.62. The molecule has 0 atom stereocenters. The van der Waals surface area contributed by atoms with Crippen molar-refractivity contribution in [2.45, 2.75) is 6.54 Å². The van der Waals surface area contributed by atoms with Crippen LogP contribution in [0, 0.1) is 5.82 Å². The van der Waals surface area contributed by atoms with Crippen molar-refractivity contribution in [3.63, 3.8) is 0 Å². The molecule has 1 heterocycles. The third-order valence-electron chi connectivity index (χ3n) is 2.32. The highest BCUT2D eigenvalue weighted by molar-refractivity contribution is 9.10. The topological polar surface area (TPSA) is 49.3 Å². The second-order valence-corrected chi connectivity index (χ2v) is 5.36. The first-order valence-electron chi connectivity index (χ1n) is 5.07. The van der Waals surface area contributed by atoms with E-state index in [1.54, 1.807) is 0 Å². The van der Waals surface area contributed by atoms with E-state index in [1.165, 1.54) is 23.5 Å². The molecular weight excluding hydrogens is 321 g/mol. The molecule has 0 saturated heterocycles. The summed E-state index contributed by atoms with van der Waals surface area (Å²) >= 11 is 4.81. The number of aromatic hydroxyl groups is 1. The quantitative estimate of drug-likeness (QED) is 0.907. The molecule has 0 saturated carbocycles. The van der Waals surface area contributed by atoms with Crippen LogP contribution in [0.1, 0.15) is 15.2 Å². The highest BCUT2D eigenvalue weighted by atomic mass is 79.9. The van der Waals surface area contributed by atoms with Gasteiger partial charge in [0.2, 0.25) is 0 Å². The number of nitrogens with one attached hydrogen (secondary N) is 1. The number of hydrogen-bond acceptors (Lipinski definition) is 3. The Balaban J connectivity index is 2.11. The number of amides is 1. The number of carbonyl (C=O) groups is 1. The smallest absolute Gasteiger partial charge is 0.258 e. The molecule has 0 unspecified atom stereocenters. The molecule has 94 valence electrons. The van der Waals surface area contributed by atoms with Crippen molar-refractivity contribution in [3.05, 3.63) is 50.4 Å². The molecule has 0 radical (unpaired) electrons. The van der Waals surface area contributed by atoms with E-state index in [2.05, 4.69) is 21.2 Å². The Morgan fingerprint density at radius 2 is 2.22 bits per heavy atom. The van der Waals surface area contributed by atoms with Gasteiger partial charge in [0.25, 0.3) is 5.91 Å². The maximum atomic E-state index is 13.4. The van der Waals surface area contributed by atoms with Crippen LogP contribution in [0.4, 0.5) is 4.39 Å². The van der Waals surface area contributed by atoms with E-state index in [0.717, 1.165) is 15.4 Å². The Bertz CT molecular complexity index is 565. The van der Waals surface area contributed by atoms with Crippen LogP contribution in [-0.2, 0) is 6.54 Å². The molecule has 1 aromatic carbocycles. The molecule has 1 amide bonds. The van der Waals surface area contributed by atoms with Crippen LogP contribution < -0.4 is 5.32 Å². The fourth-order valence-electron chi connectivity index (χ4n) is 1.44. The van der Waals surface area contributed by atoms with Crippen molar-refractivity contribution in [1.82, 2.24) is 5.32 Å². The van der Waals surface area contributed by atoms with Gasteiger partial charge in [-0.15, -0.1) is 11.3 Å². The highest BCUT2D eigenvalue weighted by Crippen LogP contribution is 2.23. The lowest BCUT2D eigenvalue weighted by Crippen LogP contribution is -2.23. The maximum Gasteiger partial charge on any atom is 0.258 e. The monoisotopic (exact) mass is 329 g/mol. The van der Waals surface area contributed by atoms with Gasteiger partial charge in [-0.3, -0.25) is 4.79 Å². The van der Waals surface area contributed by atoms with Gasteiger partial charge in [-0.05, 0) is 39.5 Å². The number of phenolic OH excluding ortho intramolecular Hbond substituents is 1. The molecule has 0 bridgehead atoms. The molecule has 6 heteroatoms. The van der Waals surface area contributed by atoms with Crippen LogP contribution in [0.25, 0.3) is 0 Å². The normalized spacial score (nSPS) is 10.3. The summed E-state index contributed by atoms with van der Waals surface area (Å²) in [6.45, 7) is 0.283. The number of thiophene rings is 1. The van der Waals surface area contributed by atoms with Crippen molar-refractivity contribution in [1.29, 1.82) is 0 Å². The zero-order valence-electron chi connectivity index (χ0n) is 9.11. The third kappa shape index (κ3) is 2.70. The molecule has 2 N–H and O–H groups in total. The molecule has 3 nitrogen and oxygen atoms in total. The molecule has 1 aromatic heterocycles. The SMILES string of the molecule is O=C(NCc1sccc1Br)c1c(O)cccc1F.